The summed E-state index contributed by atoms with van der Waals surface area (Å²) in [6.45, 7) is 29.2. The van der Waals surface area contributed by atoms with Crippen LogP contribution in [0.1, 0.15) is 83.1 Å². The van der Waals surface area contributed by atoms with Crippen LogP contribution in [-0.4, -0.2) is 26.7 Å². The van der Waals surface area contributed by atoms with Gasteiger partial charge in [0.25, 0.3) is 0 Å². The normalized spacial score (nSPS) is 33.1. The predicted molar refractivity (Wildman–Crippen MR) is 124 cm³/mol. The Hall–Kier alpha value is 2.52. The van der Waals surface area contributed by atoms with Crippen LogP contribution in [0.2, 0.25) is 0 Å². The molecule has 0 saturated carbocycles. The quantitative estimate of drug-likeness (QED) is 0.195. The molecule has 4 atom stereocenters. The molecule has 1 aliphatic rings. The number of hydrogen-bond acceptors (Lipinski definition) is 0. The maximum atomic E-state index is 7.46. The van der Waals surface area contributed by atoms with E-state index in [0.29, 0.717) is 10.3 Å². The minimum Gasteiger partial charge on any atom is -0.133 e. The summed E-state index contributed by atoms with van der Waals surface area (Å²) in [6, 6.07) is -2.28. The molecule has 0 aromatic heterocycles. The van der Waals surface area contributed by atoms with Gasteiger partial charge in [-0.1, -0.05) is 83.1 Å². The van der Waals surface area contributed by atoms with Crippen LogP contribution in [0.25, 0.3) is 0 Å². The average Bonchev–Trinajstić information content (AvgIpc) is 2.42. The second kappa shape index (κ2) is 6.84. The van der Waals surface area contributed by atoms with E-state index in [2.05, 4.69) is 83.1 Å². The lowest BCUT2D eigenvalue weighted by Gasteiger charge is -2.48. The summed E-state index contributed by atoms with van der Waals surface area (Å²) < 4.78 is 0. The Balaban J connectivity index is 3.73. The van der Waals surface area contributed by atoms with Crippen LogP contribution in [0.15, 0.2) is 0 Å². The van der Waals surface area contributed by atoms with Crippen molar-refractivity contribution >= 4 is 57.1 Å². The Labute approximate surface area is 160 Å². The van der Waals surface area contributed by atoms with Crippen LogP contribution in [0.4, 0.5) is 0 Å². The fourth-order valence-electron chi connectivity index (χ4n) is 3.03. The predicted octanol–water partition coefficient (Wildman–Crippen LogP) is 9.78. The first-order chi connectivity index (χ1) is 9.73. The lowest BCUT2D eigenvalue weighted by molar-refractivity contribution is 0.775. The monoisotopic (exact) mass is 450 g/mol. The van der Waals surface area contributed by atoms with E-state index in [1.54, 1.807) is 0 Å². The highest BCUT2D eigenvalue weighted by Gasteiger charge is 2.70. The third-order valence-corrected chi connectivity index (χ3v) is 68.4. The first-order valence-corrected chi connectivity index (χ1v) is 21.5. The summed E-state index contributed by atoms with van der Waals surface area (Å²) >= 11 is 14.9. The van der Waals surface area contributed by atoms with Crippen LogP contribution in [-0.2, 0) is 0 Å². The van der Waals surface area contributed by atoms with Gasteiger partial charge in [-0.2, -0.15) is 0 Å². The molecule has 1 heterocycles. The van der Waals surface area contributed by atoms with E-state index in [1.165, 1.54) is 0 Å². The van der Waals surface area contributed by atoms with E-state index < -0.39 is 6.03 Å². The van der Waals surface area contributed by atoms with Gasteiger partial charge in [-0.15, -0.1) is 22.2 Å². The second-order valence-electron chi connectivity index (χ2n) is 10.4. The first-order valence-electron chi connectivity index (χ1n) is 8.32. The zero-order valence-electron chi connectivity index (χ0n) is 17.0. The van der Waals surface area contributed by atoms with Gasteiger partial charge in [0.1, 0.15) is 0 Å². The molecule has 0 N–H and O–H groups in total. The Kier molecular flexibility index (Phi) is 7.01. The molecule has 0 aliphatic carbocycles. The number of rotatable bonds is 0. The van der Waals surface area contributed by atoms with Crippen molar-refractivity contribution in [2.24, 2.45) is 0 Å². The largest absolute Gasteiger partial charge is 0.307 e. The summed E-state index contributed by atoms with van der Waals surface area (Å²) in [5.74, 6) is 0. The highest BCUT2D eigenvalue weighted by Crippen LogP contribution is 3.17. The summed E-state index contributed by atoms with van der Waals surface area (Å²) in [5, 5.41) is 1.21. The standard InChI is InChI=1S/C16H36Cl2P4Si/c1-13(2,3)19-20(14(4,5)6)22(16(10,11)12)23(17,18)21(19)15(7,8)9/h1-12H3. The van der Waals surface area contributed by atoms with Crippen molar-refractivity contribution in [2.45, 2.75) is 104 Å². The molecular formula is C16H36Cl2P4Si. The van der Waals surface area contributed by atoms with Crippen molar-refractivity contribution in [3.8, 4) is 0 Å². The molecule has 1 rings (SSSR count). The van der Waals surface area contributed by atoms with E-state index >= 15 is 0 Å². The fourth-order valence-corrected chi connectivity index (χ4v) is 115. The van der Waals surface area contributed by atoms with Crippen molar-refractivity contribution in [2.75, 3.05) is 0 Å². The van der Waals surface area contributed by atoms with Crippen molar-refractivity contribution < 1.29 is 0 Å². The molecular weight excluding hydrogens is 415 g/mol. The lowest BCUT2D eigenvalue weighted by Crippen LogP contribution is -2.28. The molecule has 138 valence electrons. The fraction of sp³-hybridized carbons (Fsp3) is 1.00. The van der Waals surface area contributed by atoms with Gasteiger partial charge in [-0.25, -0.2) is 0 Å². The molecule has 4 unspecified atom stereocenters. The van der Waals surface area contributed by atoms with Gasteiger partial charge in [0.05, 0.1) is 0 Å². The number of hydrogen-bond donors (Lipinski definition) is 0. The average molecular weight is 451 g/mol. The van der Waals surface area contributed by atoms with Crippen LogP contribution in [0, 0.1) is 0 Å². The minimum absolute atomic E-state index is 0.124. The summed E-state index contributed by atoms with van der Waals surface area (Å²) in [5.41, 5.74) is 0. The smallest absolute Gasteiger partial charge is 0.133 e. The van der Waals surface area contributed by atoms with Crippen molar-refractivity contribution in [3.05, 3.63) is 0 Å². The molecule has 0 aromatic carbocycles. The third kappa shape index (κ3) is 4.87. The SMILES string of the molecule is CC(C)(C)P1P(C(C)(C)C)P(C(C)(C)C)[Si](Cl)(Cl)P1C(C)(C)C. The van der Waals surface area contributed by atoms with E-state index in [4.69, 9.17) is 22.2 Å². The van der Waals surface area contributed by atoms with Gasteiger partial charge in [-0.05, 0) is 49.5 Å². The van der Waals surface area contributed by atoms with Gasteiger partial charge in [0.15, 0.2) is 0 Å². The Bertz CT molecular complexity index is 401. The second-order valence-corrected chi connectivity index (χ2v) is 45.4. The third-order valence-electron chi connectivity index (χ3n) is 3.54. The summed E-state index contributed by atoms with van der Waals surface area (Å²) in [4.78, 5) is 0. The molecule has 1 fully saturated rings. The molecule has 23 heavy (non-hydrogen) atoms. The lowest BCUT2D eigenvalue weighted by atomic mass is 10.3. The molecule has 0 spiro atoms. The molecule has 0 nitrogen and oxygen atoms in total. The Morgan fingerprint density at radius 3 is 0.826 bits per heavy atom. The minimum atomic E-state index is -2.28. The Morgan fingerprint density at radius 1 is 0.478 bits per heavy atom. The van der Waals surface area contributed by atoms with Crippen molar-refractivity contribution in [1.29, 1.82) is 0 Å². The molecule has 0 radical (unpaired) electrons. The molecule has 1 saturated heterocycles. The van der Waals surface area contributed by atoms with Gasteiger partial charge < -0.3 is 0 Å². The summed E-state index contributed by atoms with van der Waals surface area (Å²) in [6.07, 6.45) is 0. The van der Waals surface area contributed by atoms with Crippen LogP contribution >= 0.6 is 51.1 Å². The van der Waals surface area contributed by atoms with E-state index in [9.17, 15) is 0 Å². The van der Waals surface area contributed by atoms with Gasteiger partial charge >= 0.3 is 6.03 Å². The maximum absolute atomic E-state index is 7.46. The van der Waals surface area contributed by atoms with E-state index in [0.717, 1.165) is 0 Å². The van der Waals surface area contributed by atoms with Crippen molar-refractivity contribution in [3.63, 3.8) is 0 Å². The van der Waals surface area contributed by atoms with E-state index in [1.807, 2.05) is 0 Å². The van der Waals surface area contributed by atoms with Gasteiger partial charge in [0.2, 0.25) is 0 Å². The molecule has 0 amide bonds. The van der Waals surface area contributed by atoms with Crippen molar-refractivity contribution in [1.82, 2.24) is 0 Å². The highest BCUT2D eigenvalue weighted by molar-refractivity contribution is 8.99. The highest BCUT2D eigenvalue weighted by atomic mass is 35.7. The number of halogens is 2. The maximum Gasteiger partial charge on any atom is 0.307 e. The van der Waals surface area contributed by atoms with Crippen LogP contribution < -0.4 is 0 Å². The summed E-state index contributed by atoms with van der Waals surface area (Å²) in [7, 11) is -0.841. The van der Waals surface area contributed by atoms with Gasteiger partial charge in [-0.3, -0.25) is 0 Å². The first kappa shape index (κ1) is 23.6. The zero-order chi connectivity index (χ0) is 18.8. The van der Waals surface area contributed by atoms with Crippen LogP contribution in [0.3, 0.4) is 0 Å². The zero-order valence-corrected chi connectivity index (χ0v) is 23.1. The van der Waals surface area contributed by atoms with E-state index in [-0.39, 0.29) is 39.2 Å². The molecule has 7 heteroatoms. The van der Waals surface area contributed by atoms with Gasteiger partial charge in [0, 0.05) is 0 Å². The van der Waals surface area contributed by atoms with Crippen LogP contribution in [0.5, 0.6) is 0 Å². The topological polar surface area (TPSA) is 0 Å². The molecule has 0 aromatic rings. The molecule has 1 aliphatic heterocycles. The Morgan fingerprint density at radius 2 is 0.696 bits per heavy atom. The molecule has 0 bridgehead atoms.